The second-order valence-corrected chi connectivity index (χ2v) is 7.02. The Hall–Kier alpha value is -0.700. The van der Waals surface area contributed by atoms with Crippen molar-refractivity contribution in [2.75, 3.05) is 26.7 Å². The molecule has 1 aliphatic rings. The average Bonchev–Trinajstić information content (AvgIpc) is 2.83. The Kier molecular flexibility index (Phi) is 5.72. The molecule has 0 heterocycles. The molecule has 3 N–H and O–H groups in total. The van der Waals surface area contributed by atoms with Crippen LogP contribution in [0.5, 0.6) is 0 Å². The van der Waals surface area contributed by atoms with Crippen molar-refractivity contribution in [2.45, 2.75) is 32.1 Å². The molecule has 1 fully saturated rings. The molecule has 0 aromatic rings. The van der Waals surface area contributed by atoms with Crippen LogP contribution in [-0.2, 0) is 15.0 Å². The van der Waals surface area contributed by atoms with E-state index in [1.165, 1.54) is 7.05 Å². The molecule has 0 aliphatic heterocycles. The highest BCUT2D eigenvalue weighted by Crippen LogP contribution is 2.37. The lowest BCUT2D eigenvalue weighted by atomic mass is 9.88. The normalized spacial score (nSPS) is 18.9. The molecule has 0 bridgehead atoms. The number of aliphatic hydroxyl groups excluding tert-OH is 1. The fraction of sp³-hybridized carbons (Fsp3) is 0.909. The monoisotopic (exact) mass is 294 g/mol. The number of aliphatic carboxylic acids is 1. The minimum atomic E-state index is -3.68. The fourth-order valence-electron chi connectivity index (χ4n) is 2.24. The molecule has 1 rings (SSSR count). The largest absolute Gasteiger partial charge is 0.481 e. The van der Waals surface area contributed by atoms with E-state index in [4.69, 9.17) is 5.11 Å². The van der Waals surface area contributed by atoms with Crippen molar-refractivity contribution >= 4 is 16.2 Å². The Bertz CT molecular complexity index is 403. The summed E-state index contributed by atoms with van der Waals surface area (Å²) in [5, 5.41) is 17.9. The highest BCUT2D eigenvalue weighted by molar-refractivity contribution is 7.87. The molecular weight excluding hydrogens is 272 g/mol. The van der Waals surface area contributed by atoms with Crippen molar-refractivity contribution in [3.05, 3.63) is 0 Å². The third-order valence-electron chi connectivity index (χ3n) is 3.68. The standard InChI is InChI=1S/C11H22N2O5S/c1-13(7-4-10(15)16)19(17,18)12-8-11(9-14)5-2-3-6-11/h12,14H,2-9H2,1H3,(H,15,16). The molecular formula is C11H22N2O5S. The van der Waals surface area contributed by atoms with Gasteiger partial charge in [-0.15, -0.1) is 0 Å². The maximum absolute atomic E-state index is 11.9. The zero-order valence-corrected chi connectivity index (χ0v) is 11.9. The highest BCUT2D eigenvalue weighted by Gasteiger charge is 2.34. The van der Waals surface area contributed by atoms with Crippen LogP contribution in [0.15, 0.2) is 0 Å². The van der Waals surface area contributed by atoms with Crippen LogP contribution in [-0.4, -0.2) is 55.6 Å². The van der Waals surface area contributed by atoms with Gasteiger partial charge in [-0.3, -0.25) is 4.79 Å². The quantitative estimate of drug-likeness (QED) is 0.574. The molecule has 0 aromatic carbocycles. The molecule has 19 heavy (non-hydrogen) atoms. The summed E-state index contributed by atoms with van der Waals surface area (Å²) < 4.78 is 27.2. The molecule has 0 unspecified atom stereocenters. The van der Waals surface area contributed by atoms with E-state index in [0.29, 0.717) is 0 Å². The Balaban J connectivity index is 2.52. The van der Waals surface area contributed by atoms with Gasteiger partial charge < -0.3 is 10.2 Å². The smallest absolute Gasteiger partial charge is 0.304 e. The lowest BCUT2D eigenvalue weighted by molar-refractivity contribution is -0.137. The van der Waals surface area contributed by atoms with Gasteiger partial charge in [-0.05, 0) is 12.8 Å². The lowest BCUT2D eigenvalue weighted by Gasteiger charge is -2.27. The third kappa shape index (κ3) is 4.72. The van der Waals surface area contributed by atoms with E-state index in [1.54, 1.807) is 0 Å². The second kappa shape index (κ2) is 6.65. The van der Waals surface area contributed by atoms with Crippen LogP contribution in [0.25, 0.3) is 0 Å². The van der Waals surface area contributed by atoms with Gasteiger partial charge in [-0.1, -0.05) is 12.8 Å². The Morgan fingerprint density at radius 2 is 1.95 bits per heavy atom. The summed E-state index contributed by atoms with van der Waals surface area (Å²) in [7, 11) is -2.34. The van der Waals surface area contributed by atoms with Crippen molar-refractivity contribution in [2.24, 2.45) is 5.41 Å². The maximum atomic E-state index is 11.9. The number of hydrogen-bond donors (Lipinski definition) is 3. The van der Waals surface area contributed by atoms with Gasteiger partial charge in [-0.2, -0.15) is 12.7 Å². The SMILES string of the molecule is CN(CCC(=O)O)S(=O)(=O)NCC1(CO)CCCC1. The van der Waals surface area contributed by atoms with E-state index in [9.17, 15) is 18.3 Å². The van der Waals surface area contributed by atoms with Gasteiger partial charge in [-0.25, -0.2) is 4.72 Å². The van der Waals surface area contributed by atoms with E-state index in [-0.39, 0.29) is 31.5 Å². The molecule has 1 saturated carbocycles. The van der Waals surface area contributed by atoms with Gasteiger partial charge in [0.2, 0.25) is 0 Å². The molecule has 8 heteroatoms. The molecule has 0 aromatic heterocycles. The number of carboxylic acid groups (broad SMARTS) is 1. The van der Waals surface area contributed by atoms with Crippen molar-refractivity contribution in [1.82, 2.24) is 9.03 Å². The number of aliphatic hydroxyl groups is 1. The predicted octanol–water partition coefficient (Wildman–Crippen LogP) is -0.220. The summed E-state index contributed by atoms with van der Waals surface area (Å²) in [6.07, 6.45) is 3.38. The van der Waals surface area contributed by atoms with Crippen molar-refractivity contribution < 1.29 is 23.4 Å². The van der Waals surface area contributed by atoms with Gasteiger partial charge in [0, 0.05) is 32.2 Å². The summed E-state index contributed by atoms with van der Waals surface area (Å²) in [4.78, 5) is 10.4. The molecule has 0 spiro atoms. The molecule has 0 amide bonds. The number of rotatable bonds is 8. The van der Waals surface area contributed by atoms with Gasteiger partial charge in [0.1, 0.15) is 0 Å². The first-order valence-corrected chi connectivity index (χ1v) is 7.79. The Morgan fingerprint density at radius 1 is 1.37 bits per heavy atom. The Labute approximate surface area is 113 Å². The summed E-state index contributed by atoms with van der Waals surface area (Å²) in [5.74, 6) is -1.04. The van der Waals surface area contributed by atoms with Crippen molar-refractivity contribution in [1.29, 1.82) is 0 Å². The summed E-state index contributed by atoms with van der Waals surface area (Å²) in [5.41, 5.74) is -0.360. The zero-order valence-electron chi connectivity index (χ0n) is 11.1. The van der Waals surface area contributed by atoms with Crippen molar-refractivity contribution in [3.63, 3.8) is 0 Å². The van der Waals surface area contributed by atoms with E-state index in [0.717, 1.165) is 30.0 Å². The van der Waals surface area contributed by atoms with Crippen LogP contribution in [0, 0.1) is 5.41 Å². The van der Waals surface area contributed by atoms with Crippen LogP contribution in [0.3, 0.4) is 0 Å². The second-order valence-electron chi connectivity index (χ2n) is 5.16. The summed E-state index contributed by atoms with van der Waals surface area (Å²) in [6.45, 7) is 0.0917. The van der Waals surface area contributed by atoms with Gasteiger partial charge in [0.25, 0.3) is 10.2 Å². The van der Waals surface area contributed by atoms with Crippen molar-refractivity contribution in [3.8, 4) is 0 Å². The number of carbonyl (C=O) groups is 1. The van der Waals surface area contributed by atoms with Crippen LogP contribution in [0.1, 0.15) is 32.1 Å². The van der Waals surface area contributed by atoms with Gasteiger partial charge >= 0.3 is 5.97 Å². The lowest BCUT2D eigenvalue weighted by Crippen LogP contribution is -2.44. The van der Waals surface area contributed by atoms with Crippen LogP contribution >= 0.6 is 0 Å². The first-order valence-electron chi connectivity index (χ1n) is 6.35. The fourth-order valence-corrected chi connectivity index (χ4v) is 3.28. The summed E-state index contributed by atoms with van der Waals surface area (Å²) in [6, 6.07) is 0. The topological polar surface area (TPSA) is 107 Å². The van der Waals surface area contributed by atoms with Crippen LogP contribution < -0.4 is 4.72 Å². The number of nitrogens with zero attached hydrogens (tertiary/aromatic N) is 1. The molecule has 0 saturated heterocycles. The molecule has 1 aliphatic carbocycles. The number of nitrogens with one attached hydrogen (secondary N) is 1. The number of carboxylic acids is 1. The Morgan fingerprint density at radius 3 is 2.42 bits per heavy atom. The minimum absolute atomic E-state index is 0.0334. The molecule has 0 atom stereocenters. The van der Waals surface area contributed by atoms with Gasteiger partial charge in [0.15, 0.2) is 0 Å². The average molecular weight is 294 g/mol. The molecule has 7 nitrogen and oxygen atoms in total. The van der Waals surface area contributed by atoms with Crippen LogP contribution in [0.4, 0.5) is 0 Å². The molecule has 0 radical (unpaired) electrons. The van der Waals surface area contributed by atoms with Gasteiger partial charge in [0.05, 0.1) is 6.42 Å². The maximum Gasteiger partial charge on any atom is 0.304 e. The zero-order chi connectivity index (χ0) is 14.5. The minimum Gasteiger partial charge on any atom is -0.481 e. The highest BCUT2D eigenvalue weighted by atomic mass is 32.2. The predicted molar refractivity (Wildman–Crippen MR) is 69.8 cm³/mol. The van der Waals surface area contributed by atoms with E-state index < -0.39 is 16.2 Å². The van der Waals surface area contributed by atoms with E-state index in [2.05, 4.69) is 4.72 Å². The number of hydrogen-bond acceptors (Lipinski definition) is 4. The first kappa shape index (κ1) is 16.4. The summed E-state index contributed by atoms with van der Waals surface area (Å²) >= 11 is 0. The van der Waals surface area contributed by atoms with E-state index in [1.807, 2.05) is 0 Å². The first-order chi connectivity index (χ1) is 8.81. The van der Waals surface area contributed by atoms with Crippen LogP contribution in [0.2, 0.25) is 0 Å². The third-order valence-corrected chi connectivity index (χ3v) is 5.19. The van der Waals surface area contributed by atoms with E-state index >= 15 is 0 Å². The molecule has 112 valence electrons.